The first-order valence-corrected chi connectivity index (χ1v) is 13.9. The number of amides is 2. The second kappa shape index (κ2) is 16.6. The Hall–Kier alpha value is -3.44. The van der Waals surface area contributed by atoms with Gasteiger partial charge >= 0.3 is 0 Å². The minimum atomic E-state index is -0.510. The molecule has 40 heavy (non-hydrogen) atoms. The molecule has 0 atom stereocenters. The third-order valence-electron chi connectivity index (χ3n) is 5.86. The number of ether oxygens (including phenoxy) is 2. The van der Waals surface area contributed by atoms with E-state index in [4.69, 9.17) is 9.47 Å². The van der Waals surface area contributed by atoms with Crippen molar-refractivity contribution in [2.24, 2.45) is 5.10 Å². The third-order valence-corrected chi connectivity index (χ3v) is 6.35. The van der Waals surface area contributed by atoms with Crippen molar-refractivity contribution in [1.29, 1.82) is 0 Å². The van der Waals surface area contributed by atoms with Gasteiger partial charge in [-0.3, -0.25) is 14.5 Å². The number of nitrogens with zero attached hydrogens (tertiary/aromatic N) is 2. The molecule has 3 rings (SSSR count). The number of rotatable bonds is 15. The average Bonchev–Trinajstić information content (AvgIpc) is 2.95. The van der Waals surface area contributed by atoms with Crippen LogP contribution < -0.4 is 10.7 Å². The van der Waals surface area contributed by atoms with Gasteiger partial charge < -0.3 is 14.8 Å². The lowest BCUT2D eigenvalue weighted by molar-refractivity contribution is 0.0798. The zero-order valence-corrected chi connectivity index (χ0v) is 24.2. The molecule has 0 bridgehead atoms. The van der Waals surface area contributed by atoms with Crippen LogP contribution in [-0.2, 0) is 16.0 Å². The molecule has 0 aliphatic rings. The second-order valence-electron chi connectivity index (χ2n) is 8.76. The van der Waals surface area contributed by atoms with Crippen LogP contribution in [0.15, 0.2) is 76.3 Å². The molecule has 3 aromatic carbocycles. The monoisotopic (exact) mass is 612 g/mol. The molecule has 2 amide bonds. The number of halogens is 2. The molecule has 2 N–H and O–H groups in total. The van der Waals surface area contributed by atoms with Gasteiger partial charge in [-0.05, 0) is 67.4 Å². The molecule has 0 unspecified atom stereocenters. The average molecular weight is 614 g/mol. The van der Waals surface area contributed by atoms with Crippen LogP contribution in [0.3, 0.4) is 0 Å². The van der Waals surface area contributed by atoms with Crippen LogP contribution in [0.5, 0.6) is 0 Å². The van der Waals surface area contributed by atoms with E-state index in [0.717, 1.165) is 18.7 Å². The standard InChI is InChI=1S/C30H34BrFN4O4/c1-3-39-17-15-36(16-18-40-4-2)21-23-5-9-24(10-6-23)29(37)34-28-14-11-25(31)19-27(28)30(38)35-33-20-22-7-12-26(32)13-8-22/h5-14,19-20H,3-4,15-18,21H2,1-2H3,(H,34,37)(H,35,38)/b33-20+. The Morgan fingerprint density at radius 1 is 0.925 bits per heavy atom. The van der Waals surface area contributed by atoms with Gasteiger partial charge in [0.2, 0.25) is 0 Å². The van der Waals surface area contributed by atoms with E-state index in [1.807, 2.05) is 26.0 Å². The molecule has 0 heterocycles. The number of carbonyl (C=O) groups is 2. The lowest BCUT2D eigenvalue weighted by atomic mass is 10.1. The summed E-state index contributed by atoms with van der Waals surface area (Å²) in [7, 11) is 0. The summed E-state index contributed by atoms with van der Waals surface area (Å²) in [4.78, 5) is 28.1. The van der Waals surface area contributed by atoms with E-state index in [2.05, 4.69) is 36.7 Å². The fourth-order valence-corrected chi connectivity index (χ4v) is 4.11. The summed E-state index contributed by atoms with van der Waals surface area (Å²) >= 11 is 3.37. The maximum absolute atomic E-state index is 13.1. The van der Waals surface area contributed by atoms with E-state index in [9.17, 15) is 14.0 Å². The Balaban J connectivity index is 1.64. The van der Waals surface area contributed by atoms with Crippen LogP contribution >= 0.6 is 15.9 Å². The molecular formula is C30H34BrFN4O4. The highest BCUT2D eigenvalue weighted by Crippen LogP contribution is 2.22. The van der Waals surface area contributed by atoms with Gasteiger partial charge in [0, 0.05) is 42.9 Å². The van der Waals surface area contributed by atoms with Crippen molar-refractivity contribution in [2.75, 3.05) is 44.8 Å². The van der Waals surface area contributed by atoms with E-state index in [1.165, 1.54) is 18.3 Å². The number of hydrogen-bond acceptors (Lipinski definition) is 6. The predicted molar refractivity (Wildman–Crippen MR) is 158 cm³/mol. The third kappa shape index (κ3) is 10.3. The van der Waals surface area contributed by atoms with Gasteiger partial charge in [0.15, 0.2) is 0 Å². The number of carbonyl (C=O) groups excluding carboxylic acids is 2. The summed E-state index contributed by atoms with van der Waals surface area (Å²) in [6.07, 6.45) is 1.41. The topological polar surface area (TPSA) is 92.3 Å². The molecule has 0 fully saturated rings. The lowest BCUT2D eigenvalue weighted by Gasteiger charge is -2.22. The molecule has 8 nitrogen and oxygen atoms in total. The summed E-state index contributed by atoms with van der Waals surface area (Å²) in [6, 6.07) is 18.0. The maximum atomic E-state index is 13.1. The predicted octanol–water partition coefficient (Wildman–Crippen LogP) is 5.48. The van der Waals surface area contributed by atoms with E-state index in [0.29, 0.717) is 54.3 Å². The fourth-order valence-electron chi connectivity index (χ4n) is 3.75. The van der Waals surface area contributed by atoms with Crippen LogP contribution in [0.2, 0.25) is 0 Å². The highest BCUT2D eigenvalue weighted by Gasteiger charge is 2.15. The fraction of sp³-hybridized carbons (Fsp3) is 0.300. The van der Waals surface area contributed by atoms with Gasteiger partial charge in [-0.15, -0.1) is 0 Å². The Morgan fingerprint density at radius 2 is 1.57 bits per heavy atom. The van der Waals surface area contributed by atoms with Crippen LogP contribution in [0.4, 0.5) is 10.1 Å². The number of hydrogen-bond donors (Lipinski definition) is 2. The van der Waals surface area contributed by atoms with Crippen molar-refractivity contribution in [3.8, 4) is 0 Å². The number of benzene rings is 3. The summed E-state index contributed by atoms with van der Waals surface area (Å²) in [5, 5.41) is 6.76. The Kier molecular flexibility index (Phi) is 12.9. The molecule has 0 saturated carbocycles. The normalized spacial score (nSPS) is 11.2. The summed E-state index contributed by atoms with van der Waals surface area (Å²) in [6.45, 7) is 8.86. The molecule has 10 heteroatoms. The summed E-state index contributed by atoms with van der Waals surface area (Å²) in [5.41, 5.74) is 5.16. The number of nitrogens with one attached hydrogen (secondary N) is 2. The van der Waals surface area contributed by atoms with E-state index in [1.54, 1.807) is 42.5 Å². The van der Waals surface area contributed by atoms with Crippen molar-refractivity contribution >= 4 is 39.6 Å². The molecular weight excluding hydrogens is 579 g/mol. The molecule has 0 aliphatic heterocycles. The lowest BCUT2D eigenvalue weighted by Crippen LogP contribution is -2.30. The van der Waals surface area contributed by atoms with E-state index < -0.39 is 5.91 Å². The van der Waals surface area contributed by atoms with Crippen LogP contribution in [0.25, 0.3) is 0 Å². The molecule has 0 aliphatic carbocycles. The SMILES string of the molecule is CCOCCN(CCOCC)Cc1ccc(C(=O)Nc2ccc(Br)cc2C(=O)N/N=C/c2ccc(F)cc2)cc1. The van der Waals surface area contributed by atoms with Crippen molar-refractivity contribution < 1.29 is 23.5 Å². The number of hydrazone groups is 1. The summed E-state index contributed by atoms with van der Waals surface area (Å²) in [5.74, 6) is -1.21. The Labute approximate surface area is 242 Å². The van der Waals surface area contributed by atoms with E-state index >= 15 is 0 Å². The van der Waals surface area contributed by atoms with Gasteiger partial charge in [0.1, 0.15) is 5.82 Å². The zero-order chi connectivity index (χ0) is 28.7. The summed E-state index contributed by atoms with van der Waals surface area (Å²) < 4.78 is 24.8. The largest absolute Gasteiger partial charge is 0.380 e. The van der Waals surface area contributed by atoms with Gasteiger partial charge in [-0.2, -0.15) is 5.10 Å². The molecule has 0 aromatic heterocycles. The van der Waals surface area contributed by atoms with Crippen molar-refractivity contribution in [3.05, 3.63) is 99.3 Å². The maximum Gasteiger partial charge on any atom is 0.273 e. The smallest absolute Gasteiger partial charge is 0.273 e. The number of anilines is 1. The van der Waals surface area contributed by atoms with Gasteiger partial charge in [0.25, 0.3) is 11.8 Å². The van der Waals surface area contributed by atoms with Crippen LogP contribution in [0.1, 0.15) is 45.7 Å². The molecule has 0 saturated heterocycles. The van der Waals surface area contributed by atoms with Crippen LogP contribution in [-0.4, -0.2) is 62.4 Å². The van der Waals surface area contributed by atoms with E-state index in [-0.39, 0.29) is 17.3 Å². The van der Waals surface area contributed by atoms with Crippen molar-refractivity contribution in [2.45, 2.75) is 20.4 Å². The molecule has 0 spiro atoms. The highest BCUT2D eigenvalue weighted by atomic mass is 79.9. The second-order valence-corrected chi connectivity index (χ2v) is 9.68. The van der Waals surface area contributed by atoms with Gasteiger partial charge in [0.05, 0.1) is 30.7 Å². The first kappa shape index (κ1) is 31.1. The van der Waals surface area contributed by atoms with Crippen molar-refractivity contribution in [3.63, 3.8) is 0 Å². The molecule has 3 aromatic rings. The molecule has 0 radical (unpaired) electrons. The minimum Gasteiger partial charge on any atom is -0.380 e. The van der Waals surface area contributed by atoms with Crippen LogP contribution in [0, 0.1) is 5.82 Å². The molecule has 212 valence electrons. The first-order valence-electron chi connectivity index (χ1n) is 13.1. The zero-order valence-electron chi connectivity index (χ0n) is 22.7. The first-order chi connectivity index (χ1) is 19.4. The quantitative estimate of drug-likeness (QED) is 0.135. The Morgan fingerprint density at radius 3 is 2.20 bits per heavy atom. The minimum absolute atomic E-state index is 0.231. The van der Waals surface area contributed by atoms with Gasteiger partial charge in [-0.1, -0.05) is 40.2 Å². The van der Waals surface area contributed by atoms with Crippen molar-refractivity contribution in [1.82, 2.24) is 10.3 Å². The van der Waals surface area contributed by atoms with Gasteiger partial charge in [-0.25, -0.2) is 9.82 Å². The Bertz CT molecular complexity index is 1260. The highest BCUT2D eigenvalue weighted by molar-refractivity contribution is 9.10.